The van der Waals surface area contributed by atoms with E-state index in [-0.39, 0.29) is 23.2 Å². The summed E-state index contributed by atoms with van der Waals surface area (Å²) in [5.41, 5.74) is -1.45. The number of halogens is 5. The van der Waals surface area contributed by atoms with Gasteiger partial charge in [0.15, 0.2) is 11.5 Å². The Labute approximate surface area is 151 Å². The highest BCUT2D eigenvalue weighted by Gasteiger charge is 2.52. The molecular weight excluding hydrogens is 369 g/mol. The first-order valence-corrected chi connectivity index (χ1v) is 8.46. The first kappa shape index (κ1) is 17.9. The van der Waals surface area contributed by atoms with Crippen LogP contribution in [0.5, 0.6) is 0 Å². The second kappa shape index (κ2) is 5.53. The molecule has 1 aromatic carbocycles. The molecule has 1 saturated carbocycles. The van der Waals surface area contributed by atoms with E-state index in [1.54, 1.807) is 0 Å². The molecule has 0 saturated heterocycles. The van der Waals surface area contributed by atoms with Gasteiger partial charge in [-0.3, -0.25) is 4.79 Å². The predicted molar refractivity (Wildman–Crippen MR) is 85.6 cm³/mol. The summed E-state index contributed by atoms with van der Waals surface area (Å²) in [6.07, 6.45) is -3.27. The third kappa shape index (κ3) is 2.80. The molecule has 144 valence electrons. The third-order valence-corrected chi connectivity index (χ3v) is 5.25. The molecule has 9 heteroatoms. The maximum Gasteiger partial charge on any atom is 0.410 e. The fourth-order valence-corrected chi connectivity index (χ4v) is 3.55. The molecule has 2 aliphatic rings. The predicted octanol–water partition coefficient (Wildman–Crippen LogP) is 3.88. The molecule has 0 spiro atoms. The lowest BCUT2D eigenvalue weighted by Crippen LogP contribution is -2.54. The summed E-state index contributed by atoms with van der Waals surface area (Å²) in [5, 5.41) is 6.08. The van der Waals surface area contributed by atoms with Crippen LogP contribution in [0.25, 0.3) is 5.69 Å². The Bertz CT molecular complexity index is 947. The van der Waals surface area contributed by atoms with Gasteiger partial charge in [0.2, 0.25) is 0 Å². The van der Waals surface area contributed by atoms with Crippen molar-refractivity contribution in [2.75, 3.05) is 0 Å². The van der Waals surface area contributed by atoms with E-state index < -0.39 is 29.3 Å². The number of carbonyl (C=O) groups is 1. The number of nitrogens with zero attached hydrogens (tertiary/aromatic N) is 2. The van der Waals surface area contributed by atoms with Crippen molar-refractivity contribution in [1.82, 2.24) is 15.1 Å². The lowest BCUT2D eigenvalue weighted by atomic mass is 10.0. The van der Waals surface area contributed by atoms with Gasteiger partial charge in [-0.2, -0.15) is 18.3 Å². The van der Waals surface area contributed by atoms with Crippen LogP contribution in [0, 0.1) is 17.6 Å². The Morgan fingerprint density at radius 1 is 1.26 bits per heavy atom. The van der Waals surface area contributed by atoms with Gasteiger partial charge >= 0.3 is 6.18 Å². The zero-order chi connectivity index (χ0) is 19.7. The molecule has 27 heavy (non-hydrogen) atoms. The largest absolute Gasteiger partial charge is 0.410 e. The summed E-state index contributed by atoms with van der Waals surface area (Å²) in [7, 11) is 0. The lowest BCUT2D eigenvalue weighted by molar-refractivity contribution is -0.182. The van der Waals surface area contributed by atoms with Crippen LogP contribution in [-0.2, 0) is 6.42 Å². The van der Waals surface area contributed by atoms with E-state index in [9.17, 15) is 26.7 Å². The van der Waals surface area contributed by atoms with Crippen LogP contribution in [0.2, 0.25) is 0 Å². The van der Waals surface area contributed by atoms with E-state index in [1.165, 1.54) is 10.7 Å². The summed E-state index contributed by atoms with van der Waals surface area (Å²) in [4.78, 5) is 12.5. The number of fused-ring (bicyclic) bond motifs is 3. The summed E-state index contributed by atoms with van der Waals surface area (Å²) >= 11 is 0. The van der Waals surface area contributed by atoms with E-state index >= 15 is 0 Å². The average Bonchev–Trinajstić information content (AvgIpc) is 3.03. The van der Waals surface area contributed by atoms with Gasteiger partial charge in [-0.15, -0.1) is 0 Å². The first-order valence-electron chi connectivity index (χ1n) is 8.46. The number of carbonyl (C=O) groups excluding carboxylic acids is 1. The topological polar surface area (TPSA) is 46.9 Å². The van der Waals surface area contributed by atoms with E-state index in [1.807, 2.05) is 5.32 Å². The first-order chi connectivity index (χ1) is 12.5. The maximum atomic E-state index is 14.2. The number of amides is 1. The van der Waals surface area contributed by atoms with Gasteiger partial charge < -0.3 is 5.32 Å². The minimum atomic E-state index is -4.64. The number of nitrogens with one attached hydrogen (secondary N) is 1. The minimum Gasteiger partial charge on any atom is -0.337 e. The molecule has 1 heterocycles. The van der Waals surface area contributed by atoms with Gasteiger partial charge in [-0.1, -0.05) is 0 Å². The van der Waals surface area contributed by atoms with Crippen molar-refractivity contribution in [2.45, 2.75) is 44.3 Å². The summed E-state index contributed by atoms with van der Waals surface area (Å²) < 4.78 is 67.9. The van der Waals surface area contributed by atoms with Crippen molar-refractivity contribution in [3.05, 3.63) is 46.8 Å². The maximum absolute atomic E-state index is 14.2. The van der Waals surface area contributed by atoms with Crippen LogP contribution in [-0.4, -0.2) is 27.4 Å². The molecule has 1 amide bonds. The Morgan fingerprint density at radius 2 is 1.96 bits per heavy atom. The molecule has 2 aromatic rings. The van der Waals surface area contributed by atoms with E-state index in [0.29, 0.717) is 23.7 Å². The van der Waals surface area contributed by atoms with Crippen LogP contribution in [0.4, 0.5) is 22.0 Å². The van der Waals surface area contributed by atoms with Crippen molar-refractivity contribution in [1.29, 1.82) is 0 Å². The van der Waals surface area contributed by atoms with Crippen molar-refractivity contribution >= 4 is 5.91 Å². The molecule has 0 aliphatic heterocycles. The van der Waals surface area contributed by atoms with Gasteiger partial charge in [0, 0.05) is 17.5 Å². The zero-order valence-electron chi connectivity index (χ0n) is 14.5. The zero-order valence-corrected chi connectivity index (χ0v) is 14.5. The van der Waals surface area contributed by atoms with Crippen molar-refractivity contribution < 1.29 is 26.7 Å². The van der Waals surface area contributed by atoms with Gasteiger partial charge in [-0.25, -0.2) is 13.5 Å². The minimum absolute atomic E-state index is 0.0330. The SMILES string of the molecule is CC(C)(NC(=O)c1nn(-c2ccc(F)cc2F)c2c1C[C@H]1C[C@@H]21)C(F)(F)F. The van der Waals surface area contributed by atoms with Crippen LogP contribution in [0.15, 0.2) is 18.2 Å². The second-order valence-corrected chi connectivity index (χ2v) is 7.60. The Kier molecular flexibility index (Phi) is 3.67. The Hall–Kier alpha value is -2.45. The normalized spacial score (nSPS) is 21.0. The molecule has 4 nitrogen and oxygen atoms in total. The molecule has 1 fully saturated rings. The summed E-state index contributed by atoms with van der Waals surface area (Å²) in [6.45, 7) is 1.72. The molecular formula is C18H16F5N3O. The fraction of sp³-hybridized carbons (Fsp3) is 0.444. The lowest BCUT2D eigenvalue weighted by Gasteiger charge is -2.28. The monoisotopic (exact) mass is 385 g/mol. The van der Waals surface area contributed by atoms with Crippen LogP contribution in [0.1, 0.15) is 47.9 Å². The van der Waals surface area contributed by atoms with Gasteiger partial charge in [0.1, 0.15) is 17.0 Å². The molecule has 0 unspecified atom stereocenters. The van der Waals surface area contributed by atoms with E-state index in [4.69, 9.17) is 0 Å². The highest BCUT2D eigenvalue weighted by atomic mass is 19.4. The molecule has 0 radical (unpaired) electrons. The summed E-state index contributed by atoms with van der Waals surface area (Å²) in [6, 6.07) is 2.97. The second-order valence-electron chi connectivity index (χ2n) is 7.60. The Balaban J connectivity index is 1.76. The molecule has 1 aromatic heterocycles. The molecule has 0 bridgehead atoms. The average molecular weight is 385 g/mol. The van der Waals surface area contributed by atoms with Gasteiger partial charge in [-0.05, 0) is 44.7 Å². The highest BCUT2D eigenvalue weighted by molar-refractivity contribution is 5.95. The van der Waals surface area contributed by atoms with Crippen molar-refractivity contribution in [2.24, 2.45) is 5.92 Å². The number of benzene rings is 1. The van der Waals surface area contributed by atoms with E-state index in [0.717, 1.165) is 26.3 Å². The van der Waals surface area contributed by atoms with Crippen LogP contribution in [0.3, 0.4) is 0 Å². The number of rotatable bonds is 3. The van der Waals surface area contributed by atoms with Gasteiger partial charge in [0.25, 0.3) is 5.91 Å². The van der Waals surface area contributed by atoms with Crippen LogP contribution >= 0.6 is 0 Å². The Morgan fingerprint density at radius 3 is 2.59 bits per heavy atom. The van der Waals surface area contributed by atoms with Crippen molar-refractivity contribution in [3.8, 4) is 5.69 Å². The van der Waals surface area contributed by atoms with Crippen LogP contribution < -0.4 is 5.32 Å². The molecule has 2 atom stereocenters. The smallest absolute Gasteiger partial charge is 0.337 e. The summed E-state index contributed by atoms with van der Waals surface area (Å²) in [5.74, 6) is -2.19. The fourth-order valence-electron chi connectivity index (χ4n) is 3.55. The molecule has 1 N–H and O–H groups in total. The van der Waals surface area contributed by atoms with Gasteiger partial charge in [0.05, 0.1) is 5.69 Å². The third-order valence-electron chi connectivity index (χ3n) is 5.25. The van der Waals surface area contributed by atoms with E-state index in [2.05, 4.69) is 5.10 Å². The quantitative estimate of drug-likeness (QED) is 0.816. The number of aromatic nitrogens is 2. The number of hydrogen-bond donors (Lipinski definition) is 1. The standard InChI is InChI=1S/C18H16F5N3O/c1-17(2,18(21,22)23)24-16(27)14-11-6-8-5-10(8)15(11)26(25-14)13-4-3-9(19)7-12(13)20/h3-4,7-8,10H,5-6H2,1-2H3,(H,24,27)/t8-,10-/m1/s1. The highest BCUT2D eigenvalue weighted by Crippen LogP contribution is 2.57. The molecule has 4 rings (SSSR count). The number of hydrogen-bond acceptors (Lipinski definition) is 2. The molecule has 2 aliphatic carbocycles. The number of alkyl halides is 3. The van der Waals surface area contributed by atoms with Crippen molar-refractivity contribution in [3.63, 3.8) is 0 Å².